The number of hydrogen-bond acceptors (Lipinski definition) is 5. The molecule has 0 aliphatic heterocycles. The van der Waals surface area contributed by atoms with Gasteiger partial charge in [-0.2, -0.15) is 0 Å². The molecule has 6 nitrogen and oxygen atoms in total. The van der Waals surface area contributed by atoms with Crippen LogP contribution < -0.4 is 5.32 Å². The zero-order chi connectivity index (χ0) is 21.6. The average molecular weight is 448 g/mol. The predicted octanol–water partition coefficient (Wildman–Crippen LogP) is 4.26. The van der Waals surface area contributed by atoms with Crippen LogP contribution in [0.2, 0.25) is 0 Å². The van der Waals surface area contributed by atoms with Gasteiger partial charge in [-0.3, -0.25) is 9.59 Å². The summed E-state index contributed by atoms with van der Waals surface area (Å²) in [4.78, 5) is 38.5. The van der Waals surface area contributed by atoms with Crippen LogP contribution >= 0.6 is 23.2 Å². The van der Waals surface area contributed by atoms with Gasteiger partial charge in [0.25, 0.3) is 0 Å². The second kappa shape index (κ2) is 8.26. The van der Waals surface area contributed by atoms with Gasteiger partial charge < -0.3 is 14.8 Å². The van der Waals surface area contributed by atoms with Crippen LogP contribution in [-0.2, 0) is 19.1 Å². The maximum atomic E-state index is 13.6. The van der Waals surface area contributed by atoms with Crippen LogP contribution in [0.4, 0.5) is 4.79 Å². The molecule has 0 heterocycles. The van der Waals surface area contributed by atoms with Crippen molar-refractivity contribution in [1.82, 2.24) is 5.32 Å². The maximum absolute atomic E-state index is 13.6. The van der Waals surface area contributed by atoms with E-state index in [0.29, 0.717) is 6.42 Å². The number of nitrogens with one attached hydrogen (secondary N) is 1. The SMILES string of the molecule is COC(=O)[C@H]1C(C(=O)[C@@H](NC(=O)OC(C)(C)C)C2CCCCC2)C[C@H]2[C@@H]1C2(Cl)Cl. The van der Waals surface area contributed by atoms with Crippen molar-refractivity contribution in [3.63, 3.8) is 0 Å². The second-order valence-corrected chi connectivity index (χ2v) is 11.1. The fourth-order valence-corrected chi connectivity index (χ4v) is 6.07. The van der Waals surface area contributed by atoms with E-state index in [-0.39, 0.29) is 23.5 Å². The molecule has 5 atom stereocenters. The highest BCUT2D eigenvalue weighted by Gasteiger charge is 2.74. The molecule has 3 saturated carbocycles. The van der Waals surface area contributed by atoms with Crippen molar-refractivity contribution in [3.05, 3.63) is 0 Å². The zero-order valence-electron chi connectivity index (χ0n) is 17.5. The van der Waals surface area contributed by atoms with Crippen LogP contribution in [0, 0.1) is 29.6 Å². The largest absolute Gasteiger partial charge is 0.469 e. The lowest BCUT2D eigenvalue weighted by Gasteiger charge is -2.34. The number of methoxy groups -OCH3 is 1. The molecule has 1 amide bonds. The summed E-state index contributed by atoms with van der Waals surface area (Å²) in [5.74, 6) is -2.15. The van der Waals surface area contributed by atoms with Crippen molar-refractivity contribution in [1.29, 1.82) is 0 Å². The fourth-order valence-electron chi connectivity index (χ4n) is 5.17. The Balaban J connectivity index is 1.80. The van der Waals surface area contributed by atoms with E-state index in [4.69, 9.17) is 32.7 Å². The van der Waals surface area contributed by atoms with Gasteiger partial charge in [0.15, 0.2) is 5.78 Å². The molecule has 0 radical (unpaired) electrons. The van der Waals surface area contributed by atoms with Gasteiger partial charge in [-0.15, -0.1) is 23.2 Å². The first kappa shape index (κ1) is 22.7. The Morgan fingerprint density at radius 1 is 1.10 bits per heavy atom. The summed E-state index contributed by atoms with van der Waals surface area (Å²) in [6.45, 7) is 5.34. The van der Waals surface area contributed by atoms with E-state index in [1.54, 1.807) is 20.8 Å². The lowest BCUT2D eigenvalue weighted by Crippen LogP contribution is -2.51. The van der Waals surface area contributed by atoms with Crippen molar-refractivity contribution in [2.24, 2.45) is 29.6 Å². The zero-order valence-corrected chi connectivity index (χ0v) is 19.0. The Hall–Kier alpha value is -1.01. The van der Waals surface area contributed by atoms with Crippen LogP contribution in [0.5, 0.6) is 0 Å². The summed E-state index contributed by atoms with van der Waals surface area (Å²) in [6.07, 6.45) is 4.73. The van der Waals surface area contributed by atoms with Gasteiger partial charge >= 0.3 is 12.1 Å². The van der Waals surface area contributed by atoms with Crippen LogP contribution in [0.25, 0.3) is 0 Å². The number of halogens is 2. The number of ether oxygens (including phenoxy) is 2. The molecule has 1 unspecified atom stereocenters. The highest BCUT2D eigenvalue weighted by Crippen LogP contribution is 2.71. The van der Waals surface area contributed by atoms with Gasteiger partial charge in [0.1, 0.15) is 9.93 Å². The van der Waals surface area contributed by atoms with Gasteiger partial charge in [0.05, 0.1) is 19.1 Å². The normalized spacial score (nSPS) is 32.1. The summed E-state index contributed by atoms with van der Waals surface area (Å²) in [5, 5.41) is 2.82. The number of Topliss-reactive ketones (excluding diaryl/α,β-unsaturated/α-hetero) is 1. The monoisotopic (exact) mass is 447 g/mol. The van der Waals surface area contributed by atoms with E-state index in [1.807, 2.05) is 0 Å². The highest BCUT2D eigenvalue weighted by molar-refractivity contribution is 6.51. The van der Waals surface area contributed by atoms with Gasteiger partial charge in [-0.25, -0.2) is 4.79 Å². The summed E-state index contributed by atoms with van der Waals surface area (Å²) in [7, 11) is 1.31. The minimum atomic E-state index is -0.978. The number of amides is 1. The smallest absolute Gasteiger partial charge is 0.408 e. The Morgan fingerprint density at radius 3 is 2.28 bits per heavy atom. The van der Waals surface area contributed by atoms with Crippen molar-refractivity contribution < 1.29 is 23.9 Å². The number of alkyl carbamates (subject to hydrolysis) is 1. The second-order valence-electron chi connectivity index (χ2n) is 9.62. The van der Waals surface area contributed by atoms with Gasteiger partial charge in [-0.05, 0) is 51.9 Å². The number of carbonyl (C=O) groups excluding carboxylic acids is 3. The van der Waals surface area contributed by atoms with E-state index in [1.165, 1.54) is 7.11 Å². The van der Waals surface area contributed by atoms with Gasteiger partial charge in [0, 0.05) is 11.8 Å². The van der Waals surface area contributed by atoms with Crippen LogP contribution in [0.15, 0.2) is 0 Å². The molecule has 3 rings (SSSR count). The molecule has 0 saturated heterocycles. The molecule has 0 aromatic heterocycles. The number of esters is 1. The van der Waals surface area contributed by atoms with Crippen LogP contribution in [0.1, 0.15) is 59.3 Å². The van der Waals surface area contributed by atoms with Crippen LogP contribution in [0.3, 0.4) is 0 Å². The first-order valence-corrected chi connectivity index (χ1v) is 11.2. The van der Waals surface area contributed by atoms with E-state index in [2.05, 4.69) is 5.32 Å². The molecule has 8 heteroatoms. The molecule has 1 N–H and O–H groups in total. The van der Waals surface area contributed by atoms with Crippen molar-refractivity contribution in [2.45, 2.75) is 75.3 Å². The molecule has 164 valence electrons. The average Bonchev–Trinajstić information content (AvgIpc) is 3.00. The Kier molecular flexibility index (Phi) is 6.45. The molecule has 3 aliphatic rings. The third kappa shape index (κ3) is 4.68. The minimum absolute atomic E-state index is 0.0377. The molecular weight excluding hydrogens is 417 g/mol. The third-order valence-corrected chi connectivity index (χ3v) is 7.59. The van der Waals surface area contributed by atoms with Gasteiger partial charge in [0.2, 0.25) is 0 Å². The third-order valence-electron chi connectivity index (χ3n) is 6.53. The summed E-state index contributed by atoms with van der Waals surface area (Å²) < 4.78 is 9.37. The first-order chi connectivity index (χ1) is 13.5. The van der Waals surface area contributed by atoms with Gasteiger partial charge in [-0.1, -0.05) is 19.3 Å². The molecule has 0 aromatic rings. The number of carbonyl (C=O) groups is 3. The molecule has 0 aromatic carbocycles. The summed E-state index contributed by atoms with van der Waals surface area (Å²) in [6, 6.07) is -0.681. The molecule has 3 fully saturated rings. The van der Waals surface area contributed by atoms with E-state index >= 15 is 0 Å². The molecule has 29 heavy (non-hydrogen) atoms. The standard InChI is InChI=1S/C21H31Cl2NO5/c1-20(2,3)29-19(27)24-16(11-8-6-5-7-9-11)17(25)12-10-13-15(21(13,22)23)14(12)18(26)28-4/h11-16H,5-10H2,1-4H3,(H,24,27)/t12?,13-,14-,15-,16-/m0/s1. The Labute approximate surface area is 182 Å². The van der Waals surface area contributed by atoms with E-state index < -0.39 is 39.9 Å². The molecule has 0 bridgehead atoms. The number of hydrogen-bond donors (Lipinski definition) is 1. The Bertz CT molecular complexity index is 668. The van der Waals surface area contributed by atoms with Crippen molar-refractivity contribution >= 4 is 41.0 Å². The van der Waals surface area contributed by atoms with Crippen molar-refractivity contribution in [3.8, 4) is 0 Å². The predicted molar refractivity (Wildman–Crippen MR) is 110 cm³/mol. The lowest BCUT2D eigenvalue weighted by molar-refractivity contribution is -0.150. The number of alkyl halides is 2. The lowest BCUT2D eigenvalue weighted by atomic mass is 9.76. The van der Waals surface area contributed by atoms with Crippen LogP contribution in [-0.4, -0.2) is 40.9 Å². The Morgan fingerprint density at radius 2 is 1.72 bits per heavy atom. The highest BCUT2D eigenvalue weighted by atomic mass is 35.5. The van der Waals surface area contributed by atoms with E-state index in [9.17, 15) is 14.4 Å². The molecule has 3 aliphatic carbocycles. The number of ketones is 1. The number of fused-ring (bicyclic) bond motifs is 1. The maximum Gasteiger partial charge on any atom is 0.408 e. The summed E-state index contributed by atoms with van der Waals surface area (Å²) in [5.41, 5.74) is -0.662. The van der Waals surface area contributed by atoms with E-state index in [0.717, 1.165) is 32.1 Å². The fraction of sp³-hybridized carbons (Fsp3) is 0.857. The van der Waals surface area contributed by atoms with Crippen molar-refractivity contribution in [2.75, 3.05) is 7.11 Å². The number of rotatable bonds is 5. The summed E-state index contributed by atoms with van der Waals surface area (Å²) >= 11 is 12.6. The minimum Gasteiger partial charge on any atom is -0.469 e. The quantitative estimate of drug-likeness (QED) is 0.502. The topological polar surface area (TPSA) is 81.7 Å². The first-order valence-electron chi connectivity index (χ1n) is 10.5. The molecular formula is C21H31Cl2NO5. The molecule has 0 spiro atoms.